The van der Waals surface area contributed by atoms with E-state index in [1.54, 1.807) is 0 Å². The third-order valence-corrected chi connectivity index (χ3v) is 4.35. The van der Waals surface area contributed by atoms with Gasteiger partial charge in [-0.25, -0.2) is 12.3 Å². The van der Waals surface area contributed by atoms with Crippen molar-refractivity contribution in [1.29, 1.82) is 0 Å². The maximum Gasteiger partial charge on any atom is 0.616 e. The van der Waals surface area contributed by atoms with E-state index in [-0.39, 0.29) is 0 Å². The van der Waals surface area contributed by atoms with Gasteiger partial charge >= 0.3 is 16.7 Å². The highest BCUT2D eigenvalue weighted by Gasteiger charge is 2.39. The molecule has 0 aromatic carbocycles. The molecule has 0 aliphatic heterocycles. The maximum atomic E-state index is 11.8. The molecule has 0 amide bonds. The van der Waals surface area contributed by atoms with E-state index >= 15 is 0 Å². The monoisotopic (exact) mass is 222 g/mol. The number of hydrogen-bond acceptors (Lipinski definition) is 3. The minimum atomic E-state index is -5.63. The molecule has 0 aromatic heterocycles. The minimum Gasteiger partial charge on any atom is -0.312 e. The zero-order valence-corrected chi connectivity index (χ0v) is 8.61. The summed E-state index contributed by atoms with van der Waals surface area (Å²) in [6.07, 6.45) is -0.574. The van der Waals surface area contributed by atoms with Crippen LogP contribution in [0.15, 0.2) is 0 Å². The van der Waals surface area contributed by atoms with Gasteiger partial charge in [0.1, 0.15) is 0 Å². The first-order valence-electron chi connectivity index (χ1n) is 3.10. The minimum absolute atomic E-state index is 0.574. The Hall–Kier alpha value is 0.157. The van der Waals surface area contributed by atoms with Crippen molar-refractivity contribution in [3.05, 3.63) is 0 Å². The van der Waals surface area contributed by atoms with Gasteiger partial charge < -0.3 is 9.05 Å². The summed E-state index contributed by atoms with van der Waals surface area (Å²) in [6, 6.07) is -1.02. The summed E-state index contributed by atoms with van der Waals surface area (Å²) in [7, 11) is -6.95. The van der Waals surface area contributed by atoms with Crippen LogP contribution in [0.2, 0.25) is 6.04 Å². The van der Waals surface area contributed by atoms with Crippen molar-refractivity contribution in [1.82, 2.24) is 0 Å². The van der Waals surface area contributed by atoms with E-state index in [2.05, 4.69) is 9.05 Å². The van der Waals surface area contributed by atoms with Crippen molar-refractivity contribution in [2.24, 2.45) is 0 Å². The molecule has 0 saturated heterocycles. The molecule has 0 heterocycles. The van der Waals surface area contributed by atoms with Gasteiger partial charge in [-0.05, 0) is 0 Å². The Kier molecular flexibility index (Phi) is 4.47. The topological polar surface area (TPSA) is 35.5 Å². The molecule has 0 aliphatic rings. The highest BCUT2D eigenvalue weighted by molar-refractivity contribution is 7.53. The lowest BCUT2D eigenvalue weighted by Crippen LogP contribution is -2.16. The van der Waals surface area contributed by atoms with Crippen LogP contribution in [0.4, 0.5) is 12.3 Å². The molecule has 0 N–H and O–H groups in total. The third kappa shape index (κ3) is 4.92. The van der Waals surface area contributed by atoms with Gasteiger partial charge in [-0.2, -0.15) is 0 Å². The Morgan fingerprint density at radius 2 is 1.67 bits per heavy atom. The molecule has 0 bridgehead atoms. The first-order valence-corrected chi connectivity index (χ1v) is 6.67. The number of hydrogen-bond donors (Lipinski definition) is 0. The zero-order chi connectivity index (χ0) is 9.83. The van der Waals surface area contributed by atoms with E-state index in [0.717, 1.165) is 14.2 Å². The molecule has 0 spiro atoms. The summed E-state index contributed by atoms with van der Waals surface area (Å²) in [5.74, 6) is 0. The van der Waals surface area contributed by atoms with Crippen molar-refractivity contribution >= 4 is 16.7 Å². The molecule has 12 heavy (non-hydrogen) atoms. The normalized spacial score (nSPS) is 13.4. The highest BCUT2D eigenvalue weighted by atomic mass is 31.2. The molecule has 0 unspecified atom stereocenters. The van der Waals surface area contributed by atoms with Crippen LogP contribution in [0.1, 0.15) is 0 Å². The average molecular weight is 222 g/mol. The van der Waals surface area contributed by atoms with Gasteiger partial charge in [0.25, 0.3) is 0 Å². The van der Waals surface area contributed by atoms with E-state index in [1.165, 1.54) is 0 Å². The molecule has 0 fully saturated rings. The van der Waals surface area contributed by atoms with Gasteiger partial charge in [0.05, 0.1) is 6.16 Å². The van der Waals surface area contributed by atoms with Crippen molar-refractivity contribution in [3.8, 4) is 0 Å². The first kappa shape index (κ1) is 12.2. The van der Waals surface area contributed by atoms with Crippen molar-refractivity contribution in [2.45, 2.75) is 6.04 Å². The van der Waals surface area contributed by atoms with E-state index in [9.17, 15) is 16.9 Å². The second-order valence-electron chi connectivity index (χ2n) is 2.06. The van der Waals surface area contributed by atoms with Crippen LogP contribution in [0.25, 0.3) is 0 Å². The summed E-state index contributed by atoms with van der Waals surface area (Å²) < 4.78 is 55.0. The largest absolute Gasteiger partial charge is 0.616 e. The molecule has 0 radical (unpaired) electrons. The van der Waals surface area contributed by atoms with Crippen LogP contribution in [0.3, 0.4) is 0 Å². The Labute approximate surface area is 69.9 Å². The van der Waals surface area contributed by atoms with Gasteiger partial charge in [-0.3, -0.25) is 4.57 Å². The van der Waals surface area contributed by atoms with Crippen molar-refractivity contribution in [2.75, 3.05) is 20.4 Å². The number of halogens is 3. The fraction of sp³-hybridized carbons (Fsp3) is 1.00. The second-order valence-corrected chi connectivity index (χ2v) is 6.19. The fourth-order valence-electron chi connectivity index (χ4n) is 0.521. The van der Waals surface area contributed by atoms with Crippen LogP contribution >= 0.6 is 7.60 Å². The standard InChI is InChI=1S/C4H10F3O3PSi/c1-9-11(8,10-2)3-4-12(5,6)7/h3-4H2,1-2H3. The van der Waals surface area contributed by atoms with Gasteiger partial charge in [0, 0.05) is 20.3 Å². The Bertz CT molecular complexity index is 175. The lowest BCUT2D eigenvalue weighted by molar-refractivity contribution is 0.276. The first-order chi connectivity index (χ1) is 5.33. The number of rotatable bonds is 5. The summed E-state index contributed by atoms with van der Waals surface area (Å²) >= 11 is 0. The van der Waals surface area contributed by atoms with Crippen LogP contribution < -0.4 is 0 Å². The van der Waals surface area contributed by atoms with E-state index < -0.39 is 28.9 Å². The summed E-state index contributed by atoms with van der Waals surface area (Å²) in [5.41, 5.74) is 0. The van der Waals surface area contributed by atoms with Gasteiger partial charge in [-0.1, -0.05) is 0 Å². The molecule has 0 aliphatic carbocycles. The van der Waals surface area contributed by atoms with Crippen molar-refractivity contribution in [3.63, 3.8) is 0 Å². The smallest absolute Gasteiger partial charge is 0.312 e. The quantitative estimate of drug-likeness (QED) is 0.407. The maximum absolute atomic E-state index is 11.8. The molecule has 0 atom stereocenters. The SMILES string of the molecule is COP(=O)(CC[Si](F)(F)F)OC. The summed E-state index contributed by atoms with van der Waals surface area (Å²) in [6.45, 7) is 0. The van der Waals surface area contributed by atoms with E-state index in [0.29, 0.717) is 0 Å². The molecular formula is C4H10F3O3PSi. The summed E-state index contributed by atoms with van der Waals surface area (Å²) in [4.78, 5) is 0. The fourth-order valence-corrected chi connectivity index (χ4v) is 3.14. The molecule has 0 rings (SSSR count). The lowest BCUT2D eigenvalue weighted by Gasteiger charge is -2.12. The average Bonchev–Trinajstić information content (AvgIpc) is 1.99. The zero-order valence-electron chi connectivity index (χ0n) is 6.72. The molecular weight excluding hydrogens is 212 g/mol. The van der Waals surface area contributed by atoms with E-state index in [1.807, 2.05) is 0 Å². The van der Waals surface area contributed by atoms with Crippen LogP contribution in [-0.4, -0.2) is 29.5 Å². The Morgan fingerprint density at radius 1 is 1.25 bits per heavy atom. The predicted molar refractivity (Wildman–Crippen MR) is 40.4 cm³/mol. The molecule has 0 aromatic rings. The van der Waals surface area contributed by atoms with E-state index in [4.69, 9.17) is 0 Å². The Balaban J connectivity index is 3.99. The van der Waals surface area contributed by atoms with Gasteiger partial charge in [0.2, 0.25) is 0 Å². The van der Waals surface area contributed by atoms with Crippen LogP contribution in [0.5, 0.6) is 0 Å². The van der Waals surface area contributed by atoms with Gasteiger partial charge in [-0.15, -0.1) is 0 Å². The molecule has 0 saturated carbocycles. The Morgan fingerprint density at radius 3 is 1.92 bits per heavy atom. The van der Waals surface area contributed by atoms with Gasteiger partial charge in [0.15, 0.2) is 0 Å². The lowest BCUT2D eigenvalue weighted by atomic mass is 11.0. The predicted octanol–water partition coefficient (Wildman–Crippen LogP) is 2.32. The molecule has 8 heteroatoms. The van der Waals surface area contributed by atoms with Crippen molar-refractivity contribution < 1.29 is 25.9 Å². The summed E-state index contributed by atoms with van der Waals surface area (Å²) in [5, 5.41) is 0. The third-order valence-electron chi connectivity index (χ3n) is 1.23. The highest BCUT2D eigenvalue weighted by Crippen LogP contribution is 2.48. The van der Waals surface area contributed by atoms with Crippen LogP contribution in [0, 0.1) is 0 Å². The van der Waals surface area contributed by atoms with Crippen LogP contribution in [-0.2, 0) is 13.6 Å². The molecule has 3 nitrogen and oxygen atoms in total. The molecule has 74 valence electrons. The second kappa shape index (κ2) is 4.41.